The van der Waals surface area contributed by atoms with E-state index in [1.165, 1.54) is 23.5 Å². The van der Waals surface area contributed by atoms with Crippen LogP contribution in [0.15, 0.2) is 58.3 Å². The van der Waals surface area contributed by atoms with Gasteiger partial charge in [0.1, 0.15) is 11.5 Å². The zero-order valence-corrected chi connectivity index (χ0v) is 34.1. The van der Waals surface area contributed by atoms with Crippen LogP contribution in [0, 0.1) is 0 Å². The van der Waals surface area contributed by atoms with Gasteiger partial charge in [-0.3, -0.25) is 19.2 Å². The number of carbonyl (C=O) groups is 4. The van der Waals surface area contributed by atoms with Crippen LogP contribution in [0.4, 0.5) is 11.4 Å². The Bertz CT molecular complexity index is 1750. The predicted octanol–water partition coefficient (Wildman–Crippen LogP) is 9.14. The molecule has 0 aliphatic carbocycles. The Hall–Kier alpha value is -3.76. The molecule has 2 unspecified atom stereocenters. The summed E-state index contributed by atoms with van der Waals surface area (Å²) in [6, 6.07) is 14.1. The molecule has 0 spiro atoms. The zero-order chi connectivity index (χ0) is 38.9. The maximum absolute atomic E-state index is 14.1. The number of hydrogen-bond acceptors (Lipinski definition) is 8. The van der Waals surface area contributed by atoms with E-state index in [1.54, 1.807) is 24.3 Å². The number of hydrogen-bond donors (Lipinski definition) is 2. The Morgan fingerprint density at radius 1 is 0.519 bits per heavy atom. The Kier molecular flexibility index (Phi) is 10.3. The number of anilines is 2. The van der Waals surface area contributed by atoms with Gasteiger partial charge < -0.3 is 10.2 Å². The third-order valence-corrected chi connectivity index (χ3v) is 11.9. The van der Waals surface area contributed by atoms with E-state index < -0.39 is 34.1 Å². The van der Waals surface area contributed by atoms with E-state index >= 15 is 0 Å². The largest absolute Gasteiger partial charge is 0.507 e. The molecule has 2 aliphatic heterocycles. The number of nitrogens with zero attached hydrogens (tertiary/aromatic N) is 2. The van der Waals surface area contributed by atoms with Crippen LogP contribution >= 0.6 is 23.5 Å². The second-order valence-electron chi connectivity index (χ2n) is 18.0. The quantitative estimate of drug-likeness (QED) is 0.240. The summed E-state index contributed by atoms with van der Waals surface area (Å²) in [5, 5.41) is 20.9. The van der Waals surface area contributed by atoms with E-state index in [4.69, 9.17) is 0 Å². The van der Waals surface area contributed by atoms with Gasteiger partial charge in [-0.25, -0.2) is 9.80 Å². The van der Waals surface area contributed by atoms with Gasteiger partial charge in [0.2, 0.25) is 23.6 Å². The van der Waals surface area contributed by atoms with Gasteiger partial charge in [0.05, 0.1) is 21.9 Å². The van der Waals surface area contributed by atoms with Crippen LogP contribution in [0.1, 0.15) is 118 Å². The zero-order valence-electron chi connectivity index (χ0n) is 32.4. The van der Waals surface area contributed by atoms with Crippen molar-refractivity contribution in [2.24, 2.45) is 0 Å². The number of aromatic hydroxyl groups is 2. The van der Waals surface area contributed by atoms with Crippen molar-refractivity contribution in [2.45, 2.75) is 138 Å². The number of thioether (sulfide) groups is 2. The van der Waals surface area contributed by atoms with Gasteiger partial charge in [-0.15, -0.1) is 23.5 Å². The molecule has 278 valence electrons. The second-order valence-corrected chi connectivity index (χ2v) is 20.5. The summed E-state index contributed by atoms with van der Waals surface area (Å²) >= 11 is 2.57. The molecule has 0 bridgehead atoms. The summed E-state index contributed by atoms with van der Waals surface area (Å²) in [6.07, 6.45) is -0.107. The third kappa shape index (κ3) is 7.65. The Morgan fingerprint density at radius 3 is 1.04 bits per heavy atom. The van der Waals surface area contributed by atoms with E-state index in [0.717, 1.165) is 41.8 Å². The lowest BCUT2D eigenvalue weighted by atomic mass is 9.79. The van der Waals surface area contributed by atoms with Crippen LogP contribution in [-0.2, 0) is 40.8 Å². The number of benzene rings is 3. The summed E-state index contributed by atoms with van der Waals surface area (Å²) in [5.74, 6) is -1.22. The van der Waals surface area contributed by atoms with Crippen LogP contribution in [-0.4, -0.2) is 44.3 Å². The van der Waals surface area contributed by atoms with Crippen molar-refractivity contribution >= 4 is 58.5 Å². The molecule has 2 heterocycles. The maximum Gasteiger partial charge on any atom is 0.247 e. The summed E-state index contributed by atoms with van der Waals surface area (Å²) in [7, 11) is 0. The van der Waals surface area contributed by atoms with Gasteiger partial charge in [0.25, 0.3) is 0 Å². The fourth-order valence-electron chi connectivity index (χ4n) is 6.71. The van der Waals surface area contributed by atoms with E-state index in [0.29, 0.717) is 0 Å². The van der Waals surface area contributed by atoms with Crippen LogP contribution in [0.3, 0.4) is 0 Å². The molecule has 2 atom stereocenters. The molecule has 5 rings (SSSR count). The average Bonchev–Trinajstić information content (AvgIpc) is 3.43. The van der Waals surface area contributed by atoms with Gasteiger partial charge in [-0.05, 0) is 58.1 Å². The number of amides is 4. The highest BCUT2D eigenvalue weighted by molar-refractivity contribution is 8.01. The van der Waals surface area contributed by atoms with Crippen LogP contribution in [0.25, 0.3) is 0 Å². The normalized spacial score (nSPS) is 19.0. The lowest BCUT2D eigenvalue weighted by Crippen LogP contribution is -2.36. The van der Waals surface area contributed by atoms with Crippen LogP contribution < -0.4 is 9.80 Å². The van der Waals surface area contributed by atoms with Crippen LogP contribution in [0.2, 0.25) is 0 Å². The number of imide groups is 2. The minimum atomic E-state index is -0.734. The van der Waals surface area contributed by atoms with E-state index in [1.807, 2.05) is 107 Å². The third-order valence-electron chi connectivity index (χ3n) is 9.53. The fraction of sp³-hybridized carbons (Fsp3) is 0.476. The smallest absolute Gasteiger partial charge is 0.247 e. The standard InChI is InChI=1S/C42H52N2O6S2/c1-39(2,3)25-17-23(18-26(35(25)47)40(4,5)6)51-31-21-33(45)43(37(31)49)29-15-13-14-16-30(29)44-34(46)22-32(38(44)50)52-24-19-27(41(7,8)9)36(48)28(20-24)42(10,11)12/h13-20,31-32,47-48H,21-22H2,1-12H3. The average molecular weight is 745 g/mol. The van der Waals surface area contributed by atoms with E-state index in [-0.39, 0.29) is 57.4 Å². The van der Waals surface area contributed by atoms with Gasteiger partial charge in [0, 0.05) is 44.9 Å². The molecule has 52 heavy (non-hydrogen) atoms. The molecule has 3 aromatic carbocycles. The Labute approximate surface area is 316 Å². The van der Waals surface area contributed by atoms with Gasteiger partial charge >= 0.3 is 0 Å². The monoisotopic (exact) mass is 744 g/mol. The van der Waals surface area contributed by atoms with E-state index in [9.17, 15) is 29.4 Å². The van der Waals surface area contributed by atoms with Gasteiger partial charge in [-0.2, -0.15) is 0 Å². The topological polar surface area (TPSA) is 115 Å². The molecule has 4 amide bonds. The molecule has 3 aromatic rings. The molecule has 2 N–H and O–H groups in total. The molecule has 2 saturated heterocycles. The van der Waals surface area contributed by atoms with Crippen LogP contribution in [0.5, 0.6) is 11.5 Å². The number of rotatable bonds is 6. The molecule has 0 radical (unpaired) electrons. The lowest BCUT2D eigenvalue weighted by molar-refractivity contribution is -0.123. The summed E-state index contributed by atoms with van der Waals surface area (Å²) < 4.78 is 0. The van der Waals surface area contributed by atoms with Crippen molar-refractivity contribution in [1.29, 1.82) is 0 Å². The summed E-state index contributed by atoms with van der Waals surface area (Å²) in [5.41, 5.74) is 1.98. The van der Waals surface area contributed by atoms with Crippen molar-refractivity contribution in [2.75, 3.05) is 9.80 Å². The minimum absolute atomic E-state index is 0.0537. The lowest BCUT2D eigenvalue weighted by Gasteiger charge is -2.28. The minimum Gasteiger partial charge on any atom is -0.507 e. The van der Waals surface area contributed by atoms with Crippen molar-refractivity contribution in [3.8, 4) is 11.5 Å². The highest BCUT2D eigenvalue weighted by Crippen LogP contribution is 2.47. The highest BCUT2D eigenvalue weighted by Gasteiger charge is 2.46. The molecular formula is C42H52N2O6S2. The first kappa shape index (κ1) is 39.4. The Balaban J connectivity index is 1.45. The number of phenolic OH excluding ortho intramolecular Hbond substituents is 2. The highest BCUT2D eigenvalue weighted by atomic mass is 32.2. The van der Waals surface area contributed by atoms with Crippen molar-refractivity contribution < 1.29 is 29.4 Å². The SMILES string of the molecule is CC(C)(C)c1cc(SC2CC(=O)N(c3ccccc3N3C(=O)CC(Sc4cc(C(C)(C)C)c(O)c(C(C)(C)C)c4)C3=O)C2=O)cc(C(C)(C)C)c1O. The van der Waals surface area contributed by atoms with Crippen molar-refractivity contribution in [3.05, 3.63) is 70.8 Å². The molecule has 10 heteroatoms. The molecular weight excluding hydrogens is 693 g/mol. The summed E-state index contributed by atoms with van der Waals surface area (Å²) in [4.78, 5) is 59.1. The summed E-state index contributed by atoms with van der Waals surface area (Å²) in [6.45, 7) is 24.2. The number of carbonyl (C=O) groups excluding carboxylic acids is 4. The first-order chi connectivity index (χ1) is 23.8. The van der Waals surface area contributed by atoms with Gasteiger partial charge in [-0.1, -0.05) is 95.2 Å². The van der Waals surface area contributed by atoms with E-state index in [2.05, 4.69) is 0 Å². The molecule has 0 aromatic heterocycles. The van der Waals surface area contributed by atoms with Gasteiger partial charge in [0.15, 0.2) is 0 Å². The van der Waals surface area contributed by atoms with Crippen molar-refractivity contribution in [1.82, 2.24) is 0 Å². The number of para-hydroxylation sites is 2. The second kappa shape index (κ2) is 13.6. The molecule has 0 saturated carbocycles. The molecule has 2 aliphatic rings. The maximum atomic E-state index is 14.1. The fourth-order valence-corrected chi connectivity index (χ4v) is 8.97. The first-order valence-corrected chi connectivity index (χ1v) is 19.5. The molecule has 2 fully saturated rings. The molecule has 8 nitrogen and oxygen atoms in total. The Morgan fingerprint density at radius 2 is 0.788 bits per heavy atom. The predicted molar refractivity (Wildman–Crippen MR) is 211 cm³/mol. The van der Waals surface area contributed by atoms with Crippen molar-refractivity contribution in [3.63, 3.8) is 0 Å². The first-order valence-electron chi connectivity index (χ1n) is 17.7. The number of phenols is 2.